The number of hydrogen-bond acceptors (Lipinski definition) is 3. The van der Waals surface area contributed by atoms with E-state index in [1.54, 1.807) is 0 Å². The maximum atomic E-state index is 11.2. The summed E-state index contributed by atoms with van der Waals surface area (Å²) in [5, 5.41) is 10.3. The van der Waals surface area contributed by atoms with Crippen LogP contribution >= 0.6 is 0 Å². The van der Waals surface area contributed by atoms with Gasteiger partial charge < -0.3 is 9.67 Å². The predicted molar refractivity (Wildman–Crippen MR) is 74.8 cm³/mol. The molecule has 3 rings (SSSR count). The molecule has 2 heterocycles. The van der Waals surface area contributed by atoms with Crippen LogP contribution in [-0.2, 0) is 6.54 Å². The maximum absolute atomic E-state index is 11.2. The maximum Gasteiger partial charge on any atom is 0.339 e. The van der Waals surface area contributed by atoms with Crippen LogP contribution in [0, 0.1) is 6.92 Å². The van der Waals surface area contributed by atoms with Crippen molar-refractivity contribution < 1.29 is 9.90 Å². The Kier molecular flexibility index (Phi) is 2.95. The smallest absolute Gasteiger partial charge is 0.339 e. The van der Waals surface area contributed by atoms with Crippen LogP contribution in [0.4, 0.5) is 0 Å². The fourth-order valence-corrected chi connectivity index (χ4v) is 2.38. The molecule has 0 fully saturated rings. The highest BCUT2D eigenvalue weighted by molar-refractivity contribution is 5.88. The number of aromatic carboxylic acids is 1. The van der Waals surface area contributed by atoms with Gasteiger partial charge in [0.1, 0.15) is 11.9 Å². The SMILES string of the molecule is Cc1cn(Cc2ncncc2C(=O)O)c2ccccc12. The van der Waals surface area contributed by atoms with Crippen molar-refractivity contribution in [2.45, 2.75) is 13.5 Å². The molecule has 0 aliphatic carbocycles. The molecule has 0 aliphatic heterocycles. The molecule has 3 aromatic rings. The molecule has 0 unspecified atom stereocenters. The van der Waals surface area contributed by atoms with E-state index in [0.717, 1.165) is 11.1 Å². The second kappa shape index (κ2) is 4.77. The zero-order valence-electron chi connectivity index (χ0n) is 10.9. The van der Waals surface area contributed by atoms with Crippen LogP contribution in [0.25, 0.3) is 10.9 Å². The highest BCUT2D eigenvalue weighted by Gasteiger charge is 2.13. The van der Waals surface area contributed by atoms with Crippen LogP contribution in [0.15, 0.2) is 43.0 Å². The Morgan fingerprint density at radius 3 is 2.95 bits per heavy atom. The van der Waals surface area contributed by atoms with E-state index in [1.165, 1.54) is 17.9 Å². The summed E-state index contributed by atoms with van der Waals surface area (Å²) in [5.74, 6) is -1.01. The van der Waals surface area contributed by atoms with Crippen molar-refractivity contribution in [2.75, 3.05) is 0 Å². The van der Waals surface area contributed by atoms with Gasteiger partial charge in [0.05, 0.1) is 12.2 Å². The number of benzene rings is 1. The Labute approximate surface area is 115 Å². The average Bonchev–Trinajstić information content (AvgIpc) is 2.76. The van der Waals surface area contributed by atoms with Crippen LogP contribution in [0.3, 0.4) is 0 Å². The average molecular weight is 267 g/mol. The zero-order chi connectivity index (χ0) is 14.1. The number of carboxylic acids is 1. The number of para-hydroxylation sites is 1. The highest BCUT2D eigenvalue weighted by atomic mass is 16.4. The third-order valence-electron chi connectivity index (χ3n) is 3.33. The number of rotatable bonds is 3. The zero-order valence-corrected chi connectivity index (χ0v) is 10.9. The van der Waals surface area contributed by atoms with E-state index < -0.39 is 5.97 Å². The molecular formula is C15H13N3O2. The van der Waals surface area contributed by atoms with Crippen LogP contribution in [0.5, 0.6) is 0 Å². The van der Waals surface area contributed by atoms with Gasteiger partial charge in [0.15, 0.2) is 0 Å². The molecule has 0 saturated carbocycles. The topological polar surface area (TPSA) is 68.0 Å². The molecule has 0 radical (unpaired) electrons. The van der Waals surface area contributed by atoms with Crippen molar-refractivity contribution in [3.8, 4) is 0 Å². The number of carboxylic acid groups (broad SMARTS) is 1. The lowest BCUT2D eigenvalue weighted by Crippen LogP contribution is -2.09. The molecule has 1 aromatic carbocycles. The van der Waals surface area contributed by atoms with E-state index >= 15 is 0 Å². The Morgan fingerprint density at radius 1 is 1.35 bits per heavy atom. The molecule has 0 spiro atoms. The predicted octanol–water partition coefficient (Wildman–Crippen LogP) is 2.49. The normalized spacial score (nSPS) is 10.8. The number of aryl methyl sites for hydroxylation is 1. The lowest BCUT2D eigenvalue weighted by molar-refractivity contribution is 0.0694. The van der Waals surface area contributed by atoms with Gasteiger partial charge in [0, 0.05) is 23.3 Å². The summed E-state index contributed by atoms with van der Waals surface area (Å²) < 4.78 is 2.01. The van der Waals surface area contributed by atoms with E-state index in [4.69, 9.17) is 0 Å². The molecular weight excluding hydrogens is 254 g/mol. The molecule has 0 saturated heterocycles. The molecule has 0 amide bonds. The van der Waals surface area contributed by atoms with E-state index in [0.29, 0.717) is 12.2 Å². The summed E-state index contributed by atoms with van der Waals surface area (Å²) in [6.45, 7) is 2.45. The van der Waals surface area contributed by atoms with Gasteiger partial charge in [0.25, 0.3) is 0 Å². The Bertz CT molecular complexity index is 793. The molecule has 5 nitrogen and oxygen atoms in total. The third kappa shape index (κ3) is 2.03. The molecule has 0 aliphatic rings. The highest BCUT2D eigenvalue weighted by Crippen LogP contribution is 2.21. The number of hydrogen-bond donors (Lipinski definition) is 1. The fourth-order valence-electron chi connectivity index (χ4n) is 2.38. The first-order chi connectivity index (χ1) is 9.66. The van der Waals surface area contributed by atoms with Gasteiger partial charge in [-0.1, -0.05) is 18.2 Å². The van der Waals surface area contributed by atoms with E-state index in [-0.39, 0.29) is 5.56 Å². The van der Waals surface area contributed by atoms with Gasteiger partial charge in [-0.3, -0.25) is 0 Å². The monoisotopic (exact) mass is 267 g/mol. The van der Waals surface area contributed by atoms with Crippen molar-refractivity contribution in [1.82, 2.24) is 14.5 Å². The summed E-state index contributed by atoms with van der Waals surface area (Å²) in [4.78, 5) is 19.1. The third-order valence-corrected chi connectivity index (χ3v) is 3.33. The Balaban J connectivity index is 2.08. The lowest BCUT2D eigenvalue weighted by Gasteiger charge is -2.07. The molecule has 2 aromatic heterocycles. The number of aromatic nitrogens is 3. The fraction of sp³-hybridized carbons (Fsp3) is 0.133. The first kappa shape index (κ1) is 12.3. The van der Waals surface area contributed by atoms with Crippen molar-refractivity contribution in [3.63, 3.8) is 0 Å². The molecule has 5 heteroatoms. The number of carbonyl (C=O) groups is 1. The largest absolute Gasteiger partial charge is 0.478 e. The summed E-state index contributed by atoms with van der Waals surface area (Å²) >= 11 is 0. The first-order valence-corrected chi connectivity index (χ1v) is 6.23. The number of fused-ring (bicyclic) bond motifs is 1. The van der Waals surface area contributed by atoms with E-state index in [9.17, 15) is 9.90 Å². The molecule has 0 atom stereocenters. The van der Waals surface area contributed by atoms with Crippen LogP contribution < -0.4 is 0 Å². The van der Waals surface area contributed by atoms with Crippen molar-refractivity contribution in [2.24, 2.45) is 0 Å². The molecule has 20 heavy (non-hydrogen) atoms. The van der Waals surface area contributed by atoms with Gasteiger partial charge in [-0.15, -0.1) is 0 Å². The van der Waals surface area contributed by atoms with Crippen LogP contribution in [0.1, 0.15) is 21.6 Å². The second-order valence-electron chi connectivity index (χ2n) is 4.65. The quantitative estimate of drug-likeness (QED) is 0.791. The first-order valence-electron chi connectivity index (χ1n) is 6.23. The Morgan fingerprint density at radius 2 is 2.15 bits per heavy atom. The summed E-state index contributed by atoms with van der Waals surface area (Å²) in [6.07, 6.45) is 4.72. The van der Waals surface area contributed by atoms with E-state index in [1.807, 2.05) is 35.9 Å². The second-order valence-corrected chi connectivity index (χ2v) is 4.65. The van der Waals surface area contributed by atoms with Gasteiger partial charge in [-0.25, -0.2) is 14.8 Å². The standard InChI is InChI=1S/C15H13N3O2/c1-10-7-18(14-5-3-2-4-11(10)14)8-13-12(15(19)20)6-16-9-17-13/h2-7,9H,8H2,1H3,(H,19,20). The number of nitrogens with zero attached hydrogens (tertiary/aromatic N) is 3. The van der Waals surface area contributed by atoms with Crippen LogP contribution in [0.2, 0.25) is 0 Å². The van der Waals surface area contributed by atoms with Gasteiger partial charge in [-0.05, 0) is 18.6 Å². The van der Waals surface area contributed by atoms with Crippen molar-refractivity contribution in [3.05, 3.63) is 59.8 Å². The molecule has 0 bridgehead atoms. The summed E-state index contributed by atoms with van der Waals surface area (Å²) in [7, 11) is 0. The van der Waals surface area contributed by atoms with Crippen LogP contribution in [-0.4, -0.2) is 25.6 Å². The minimum Gasteiger partial charge on any atom is -0.478 e. The van der Waals surface area contributed by atoms with Crippen molar-refractivity contribution in [1.29, 1.82) is 0 Å². The molecule has 1 N–H and O–H groups in total. The summed E-state index contributed by atoms with van der Waals surface area (Å²) in [6, 6.07) is 8.03. The summed E-state index contributed by atoms with van der Waals surface area (Å²) in [5.41, 5.74) is 2.88. The van der Waals surface area contributed by atoms with Gasteiger partial charge in [-0.2, -0.15) is 0 Å². The Hall–Kier alpha value is -2.69. The van der Waals surface area contributed by atoms with Gasteiger partial charge >= 0.3 is 5.97 Å². The van der Waals surface area contributed by atoms with E-state index in [2.05, 4.69) is 16.0 Å². The van der Waals surface area contributed by atoms with Gasteiger partial charge in [0.2, 0.25) is 0 Å². The molecule has 100 valence electrons. The lowest BCUT2D eigenvalue weighted by atomic mass is 10.2. The minimum atomic E-state index is -1.01. The van der Waals surface area contributed by atoms with Crippen molar-refractivity contribution >= 4 is 16.9 Å². The minimum absolute atomic E-state index is 0.142.